The zero-order chi connectivity index (χ0) is 13.6. The molecule has 0 aliphatic carbocycles. The van der Waals surface area contributed by atoms with Crippen LogP contribution in [0.15, 0.2) is 24.3 Å². The fourth-order valence-corrected chi connectivity index (χ4v) is 2.79. The standard InChI is InChI=1S/C11H15Cl2NO3S/c1-14(18(15,16)9-6-12)7-8-17-11-4-2-10(13)3-5-11/h2-5H,6-9H2,1H3. The van der Waals surface area contributed by atoms with Crippen LogP contribution in [0.5, 0.6) is 5.75 Å². The molecule has 1 aromatic carbocycles. The lowest BCUT2D eigenvalue weighted by Gasteiger charge is -2.16. The number of sulfonamides is 1. The molecule has 0 spiro atoms. The van der Waals surface area contributed by atoms with Gasteiger partial charge in [0.05, 0.1) is 5.75 Å². The summed E-state index contributed by atoms with van der Waals surface area (Å²) in [6, 6.07) is 6.89. The van der Waals surface area contributed by atoms with Crippen LogP contribution >= 0.6 is 23.2 Å². The van der Waals surface area contributed by atoms with Crippen LogP contribution in [-0.4, -0.2) is 44.6 Å². The molecule has 0 heterocycles. The van der Waals surface area contributed by atoms with Crippen LogP contribution < -0.4 is 4.74 Å². The smallest absolute Gasteiger partial charge is 0.215 e. The first-order valence-electron chi connectivity index (χ1n) is 5.34. The van der Waals surface area contributed by atoms with Gasteiger partial charge in [0.15, 0.2) is 0 Å². The molecule has 0 aliphatic rings. The normalized spacial score (nSPS) is 11.8. The van der Waals surface area contributed by atoms with Crippen molar-refractivity contribution in [1.82, 2.24) is 4.31 Å². The highest BCUT2D eigenvalue weighted by atomic mass is 35.5. The Bertz CT molecular complexity index is 462. The van der Waals surface area contributed by atoms with Crippen LogP contribution in [0.4, 0.5) is 0 Å². The molecule has 0 unspecified atom stereocenters. The van der Waals surface area contributed by atoms with Gasteiger partial charge >= 0.3 is 0 Å². The number of halogens is 2. The second kappa shape index (κ2) is 7.19. The van der Waals surface area contributed by atoms with Gasteiger partial charge in [0.2, 0.25) is 10.0 Å². The molecule has 102 valence electrons. The summed E-state index contributed by atoms with van der Waals surface area (Å²) in [5, 5.41) is 0.629. The van der Waals surface area contributed by atoms with E-state index in [1.807, 2.05) is 0 Å². The lowest BCUT2D eigenvalue weighted by Crippen LogP contribution is -2.33. The SMILES string of the molecule is CN(CCOc1ccc(Cl)cc1)S(=O)(=O)CCCl. The maximum atomic E-state index is 11.6. The van der Waals surface area contributed by atoms with Gasteiger partial charge in [0, 0.05) is 24.5 Å². The van der Waals surface area contributed by atoms with E-state index in [0.29, 0.717) is 10.8 Å². The minimum atomic E-state index is -3.27. The molecule has 1 rings (SSSR count). The third kappa shape index (κ3) is 5.02. The molecule has 0 bridgehead atoms. The molecule has 0 radical (unpaired) electrons. The Kier molecular flexibility index (Phi) is 6.21. The minimum Gasteiger partial charge on any atom is -0.492 e. The summed E-state index contributed by atoms with van der Waals surface area (Å²) in [4.78, 5) is 0. The van der Waals surface area contributed by atoms with Gasteiger partial charge in [0.1, 0.15) is 12.4 Å². The first-order valence-corrected chi connectivity index (χ1v) is 7.86. The molecule has 7 heteroatoms. The molecular formula is C11H15Cl2NO3S. The highest BCUT2D eigenvalue weighted by Crippen LogP contribution is 2.15. The molecular weight excluding hydrogens is 297 g/mol. The molecule has 0 fully saturated rings. The van der Waals surface area contributed by atoms with E-state index in [4.69, 9.17) is 27.9 Å². The van der Waals surface area contributed by atoms with Gasteiger partial charge in [-0.05, 0) is 24.3 Å². The highest BCUT2D eigenvalue weighted by molar-refractivity contribution is 7.89. The number of ether oxygens (including phenoxy) is 1. The summed E-state index contributed by atoms with van der Waals surface area (Å²) >= 11 is 11.2. The van der Waals surface area contributed by atoms with Gasteiger partial charge in [-0.3, -0.25) is 0 Å². The van der Waals surface area contributed by atoms with Crippen LogP contribution in [0.2, 0.25) is 5.02 Å². The van der Waals surface area contributed by atoms with E-state index < -0.39 is 10.0 Å². The molecule has 18 heavy (non-hydrogen) atoms. The number of rotatable bonds is 7. The number of benzene rings is 1. The van der Waals surface area contributed by atoms with Gasteiger partial charge < -0.3 is 4.74 Å². The van der Waals surface area contributed by atoms with Crippen molar-refractivity contribution in [3.63, 3.8) is 0 Å². The average molecular weight is 312 g/mol. The van der Waals surface area contributed by atoms with Gasteiger partial charge in [-0.15, -0.1) is 11.6 Å². The molecule has 0 aromatic heterocycles. The van der Waals surface area contributed by atoms with Gasteiger partial charge in [-0.1, -0.05) is 11.6 Å². The third-order valence-corrected chi connectivity index (χ3v) is 4.82. The maximum absolute atomic E-state index is 11.6. The Morgan fingerprint density at radius 3 is 2.44 bits per heavy atom. The molecule has 0 aliphatic heterocycles. The van der Waals surface area contributed by atoms with E-state index in [-0.39, 0.29) is 24.8 Å². The van der Waals surface area contributed by atoms with Crippen molar-refractivity contribution in [3.05, 3.63) is 29.3 Å². The predicted octanol–water partition coefficient (Wildman–Crippen LogP) is 2.22. The van der Waals surface area contributed by atoms with Gasteiger partial charge in [-0.25, -0.2) is 12.7 Å². The van der Waals surface area contributed by atoms with Gasteiger partial charge in [0.25, 0.3) is 0 Å². The molecule has 4 nitrogen and oxygen atoms in total. The summed E-state index contributed by atoms with van der Waals surface area (Å²) < 4.78 is 29.8. The quantitative estimate of drug-likeness (QED) is 0.725. The Morgan fingerprint density at radius 1 is 1.28 bits per heavy atom. The molecule has 0 amide bonds. The number of hydrogen-bond acceptors (Lipinski definition) is 3. The fourth-order valence-electron chi connectivity index (χ4n) is 1.22. The second-order valence-electron chi connectivity index (χ2n) is 3.63. The molecule has 0 saturated carbocycles. The number of hydrogen-bond donors (Lipinski definition) is 0. The van der Waals surface area contributed by atoms with Crippen LogP contribution in [-0.2, 0) is 10.0 Å². The summed E-state index contributed by atoms with van der Waals surface area (Å²) in [7, 11) is -1.76. The van der Waals surface area contributed by atoms with E-state index in [9.17, 15) is 8.42 Å². The fraction of sp³-hybridized carbons (Fsp3) is 0.455. The Balaban J connectivity index is 2.40. The maximum Gasteiger partial charge on any atom is 0.215 e. The lowest BCUT2D eigenvalue weighted by atomic mass is 10.3. The second-order valence-corrected chi connectivity index (χ2v) is 6.64. The first kappa shape index (κ1) is 15.6. The summed E-state index contributed by atoms with van der Waals surface area (Å²) in [5.41, 5.74) is 0. The van der Waals surface area contributed by atoms with E-state index in [2.05, 4.69) is 0 Å². The Morgan fingerprint density at radius 2 is 1.89 bits per heavy atom. The first-order chi connectivity index (χ1) is 8.45. The van der Waals surface area contributed by atoms with Crippen molar-refractivity contribution in [2.24, 2.45) is 0 Å². The van der Waals surface area contributed by atoms with E-state index in [1.165, 1.54) is 11.4 Å². The van der Waals surface area contributed by atoms with Crippen molar-refractivity contribution in [2.45, 2.75) is 0 Å². The monoisotopic (exact) mass is 311 g/mol. The van der Waals surface area contributed by atoms with Crippen molar-refractivity contribution >= 4 is 33.2 Å². The Labute approximate surface area is 117 Å². The summed E-state index contributed by atoms with van der Waals surface area (Å²) in [6.45, 7) is 0.557. The van der Waals surface area contributed by atoms with Gasteiger partial charge in [-0.2, -0.15) is 0 Å². The predicted molar refractivity (Wildman–Crippen MR) is 74.1 cm³/mol. The van der Waals surface area contributed by atoms with Crippen LogP contribution in [0, 0.1) is 0 Å². The van der Waals surface area contributed by atoms with Crippen molar-refractivity contribution in [3.8, 4) is 5.75 Å². The van der Waals surface area contributed by atoms with Crippen molar-refractivity contribution in [2.75, 3.05) is 31.8 Å². The topological polar surface area (TPSA) is 46.6 Å². The zero-order valence-corrected chi connectivity index (χ0v) is 12.3. The third-order valence-electron chi connectivity index (χ3n) is 2.30. The number of alkyl halides is 1. The highest BCUT2D eigenvalue weighted by Gasteiger charge is 2.16. The van der Waals surface area contributed by atoms with Crippen LogP contribution in [0.25, 0.3) is 0 Å². The largest absolute Gasteiger partial charge is 0.492 e. The number of likely N-dealkylation sites (N-methyl/N-ethyl adjacent to an activating group) is 1. The zero-order valence-electron chi connectivity index (χ0n) is 9.97. The van der Waals surface area contributed by atoms with Crippen LogP contribution in [0.1, 0.15) is 0 Å². The number of nitrogens with zero attached hydrogens (tertiary/aromatic N) is 1. The lowest BCUT2D eigenvalue weighted by molar-refractivity contribution is 0.287. The molecule has 0 atom stereocenters. The average Bonchev–Trinajstić information content (AvgIpc) is 2.31. The summed E-state index contributed by atoms with van der Waals surface area (Å²) in [5.74, 6) is 0.680. The molecule has 0 N–H and O–H groups in total. The van der Waals surface area contributed by atoms with Crippen LogP contribution in [0.3, 0.4) is 0 Å². The molecule has 1 aromatic rings. The van der Waals surface area contributed by atoms with E-state index in [1.54, 1.807) is 24.3 Å². The molecule has 0 saturated heterocycles. The minimum absolute atomic E-state index is 0.0635. The van der Waals surface area contributed by atoms with Crippen molar-refractivity contribution in [1.29, 1.82) is 0 Å². The van der Waals surface area contributed by atoms with E-state index in [0.717, 1.165) is 0 Å². The van der Waals surface area contributed by atoms with Crippen molar-refractivity contribution < 1.29 is 13.2 Å². The summed E-state index contributed by atoms with van der Waals surface area (Å²) in [6.07, 6.45) is 0. The Hall–Kier alpha value is -0.490. The van der Waals surface area contributed by atoms with E-state index >= 15 is 0 Å².